The molecule has 0 fully saturated rings. The molecule has 8 aromatic carbocycles. The second-order valence-electron chi connectivity index (χ2n) is 22.8. The van der Waals surface area contributed by atoms with E-state index in [0.717, 1.165) is 55.7 Å². The number of hydrogen-bond acceptors (Lipinski definition) is 3. The SMILES string of the molecule is CC(C)(C)c1ccc([Si]2(c3ccc(C(C)(C)C)cc3)c3cccnc3-n3c4[c-]c(-c5cccc6c5nc(-c5ccccc5O)n6-c5ccc(C(C)(C)C)cc5-c5ccccc5)ccc4c4cccc2c43)cc1.[Pd]. The molecule has 3 aromatic heterocycles. The first kappa shape index (κ1) is 48.1. The van der Waals surface area contributed by atoms with Gasteiger partial charge >= 0.3 is 0 Å². The van der Waals surface area contributed by atoms with E-state index in [1.54, 1.807) is 6.07 Å². The van der Waals surface area contributed by atoms with Gasteiger partial charge < -0.3 is 9.67 Å². The van der Waals surface area contributed by atoms with E-state index in [0.29, 0.717) is 11.4 Å². The summed E-state index contributed by atoms with van der Waals surface area (Å²) in [5.41, 5.74) is 13.5. The molecule has 0 unspecified atom stereocenters. The number of nitrogens with zero attached hydrogens (tertiary/aromatic N) is 4. The van der Waals surface area contributed by atoms with Crippen LogP contribution in [0.15, 0.2) is 188 Å². The molecule has 5 nitrogen and oxygen atoms in total. The fourth-order valence-corrected chi connectivity index (χ4v) is 16.4. The minimum absolute atomic E-state index is 0. The van der Waals surface area contributed by atoms with Crippen molar-refractivity contribution >= 4 is 61.7 Å². The van der Waals surface area contributed by atoms with Crippen LogP contribution in [0.2, 0.25) is 0 Å². The van der Waals surface area contributed by atoms with E-state index in [1.165, 1.54) is 48.3 Å². The Morgan fingerprint density at radius 2 is 1.11 bits per heavy atom. The first-order chi connectivity index (χ1) is 34.5. The number of benzene rings is 8. The van der Waals surface area contributed by atoms with Gasteiger partial charge in [-0.25, -0.2) is 9.97 Å². The fraction of sp³-hybridized carbons (Fsp3) is 0.182. The van der Waals surface area contributed by atoms with Crippen LogP contribution in [-0.2, 0) is 36.7 Å². The largest absolute Gasteiger partial charge is 0.507 e. The molecule has 0 amide bonds. The van der Waals surface area contributed by atoms with Gasteiger partial charge in [-0.15, -0.1) is 23.8 Å². The molecule has 0 saturated heterocycles. The van der Waals surface area contributed by atoms with E-state index in [2.05, 4.69) is 235 Å². The summed E-state index contributed by atoms with van der Waals surface area (Å²) in [6, 6.07) is 70.2. The average molecular weight is 1060 g/mol. The van der Waals surface area contributed by atoms with Crippen LogP contribution in [0.4, 0.5) is 0 Å². The maximum atomic E-state index is 11.5. The van der Waals surface area contributed by atoms with Crippen LogP contribution >= 0.6 is 0 Å². The van der Waals surface area contributed by atoms with Gasteiger partial charge in [-0.1, -0.05) is 207 Å². The zero-order valence-corrected chi connectivity index (χ0v) is 45.5. The maximum absolute atomic E-state index is 11.5. The Morgan fingerprint density at radius 3 is 1.77 bits per heavy atom. The topological polar surface area (TPSA) is 55.9 Å². The molecule has 0 aliphatic carbocycles. The second-order valence-corrected chi connectivity index (χ2v) is 26.5. The fourth-order valence-electron chi connectivity index (χ4n) is 11.4. The molecule has 364 valence electrons. The summed E-state index contributed by atoms with van der Waals surface area (Å²) in [6.07, 6.45) is 1.95. The number of hydrogen-bond donors (Lipinski definition) is 1. The Bertz CT molecular complexity index is 3870. The van der Waals surface area contributed by atoms with Crippen molar-refractivity contribution in [1.29, 1.82) is 0 Å². The molecule has 0 saturated carbocycles. The molecule has 12 rings (SSSR count). The van der Waals surface area contributed by atoms with Crippen molar-refractivity contribution < 1.29 is 25.5 Å². The minimum atomic E-state index is -2.99. The van der Waals surface area contributed by atoms with E-state index >= 15 is 0 Å². The number of para-hydroxylation sites is 3. The van der Waals surface area contributed by atoms with Crippen molar-refractivity contribution in [3.63, 3.8) is 0 Å². The molecular weight excluding hydrogens is 999 g/mol. The molecule has 7 heteroatoms. The summed E-state index contributed by atoms with van der Waals surface area (Å²) in [5, 5.41) is 19.1. The molecule has 73 heavy (non-hydrogen) atoms. The third kappa shape index (κ3) is 7.66. The summed E-state index contributed by atoms with van der Waals surface area (Å²) in [7, 11) is -2.99. The van der Waals surface area contributed by atoms with E-state index in [4.69, 9.17) is 9.97 Å². The second kappa shape index (κ2) is 17.5. The zero-order chi connectivity index (χ0) is 49.9. The Hall–Kier alpha value is -7.14. The number of phenolic OH excluding ortho intramolecular Hbond substituents is 1. The van der Waals surface area contributed by atoms with Crippen LogP contribution < -0.4 is 20.7 Å². The summed E-state index contributed by atoms with van der Waals surface area (Å²) < 4.78 is 4.63. The predicted molar refractivity (Wildman–Crippen MR) is 303 cm³/mol. The van der Waals surface area contributed by atoms with Crippen molar-refractivity contribution in [3.8, 4) is 50.9 Å². The Kier molecular flexibility index (Phi) is 11.6. The van der Waals surface area contributed by atoms with E-state index in [9.17, 15) is 5.11 Å². The maximum Gasteiger partial charge on any atom is 0.186 e. The van der Waals surface area contributed by atoms with Gasteiger partial charge in [0.1, 0.15) is 17.4 Å². The third-order valence-corrected chi connectivity index (χ3v) is 20.0. The zero-order valence-electron chi connectivity index (χ0n) is 43.0. The summed E-state index contributed by atoms with van der Waals surface area (Å²) in [5.74, 6) is 1.79. The normalized spacial score (nSPS) is 13.3. The standard InChI is InChI=1S/C66H59N4OSi.Pd/c1-64(2,3)44-28-33-47(34-29-44)72(48-35-30-45(31-36-48)65(4,5)6)58-25-16-22-51-50-37-27-43(40-56(50)70(61(51)58)63-59(72)26-17-39-67-63)49-21-15-23-55-60(49)68-62(52-20-13-14-24-57(52)71)69(55)54-38-32-46(66(7,8)9)41-53(54)42-18-11-10-12-19-42;/h10-39,41,71H,1-9H3;/q-1;. The summed E-state index contributed by atoms with van der Waals surface area (Å²) in [4.78, 5) is 10.9. The van der Waals surface area contributed by atoms with Crippen molar-refractivity contribution in [2.24, 2.45) is 0 Å². The molecule has 1 N–H and O–H groups in total. The molecule has 11 aromatic rings. The molecule has 4 heterocycles. The first-order valence-corrected chi connectivity index (χ1v) is 27.2. The number of phenols is 1. The van der Waals surface area contributed by atoms with Crippen LogP contribution in [0.5, 0.6) is 5.75 Å². The van der Waals surface area contributed by atoms with Crippen LogP contribution in [-0.4, -0.2) is 32.3 Å². The van der Waals surface area contributed by atoms with Crippen LogP contribution in [0.1, 0.15) is 79.0 Å². The monoisotopic (exact) mass is 1060 g/mol. The van der Waals surface area contributed by atoms with Gasteiger partial charge in [0.05, 0.1) is 22.3 Å². The molecule has 0 spiro atoms. The average Bonchev–Trinajstić information content (AvgIpc) is 3.93. The third-order valence-electron chi connectivity index (χ3n) is 15.2. The van der Waals surface area contributed by atoms with E-state index in [1.807, 2.05) is 24.4 Å². The van der Waals surface area contributed by atoms with Crippen molar-refractivity contribution in [1.82, 2.24) is 19.1 Å². The number of pyridine rings is 1. The van der Waals surface area contributed by atoms with Crippen LogP contribution in [0, 0.1) is 6.07 Å². The number of aromatic nitrogens is 4. The smallest absolute Gasteiger partial charge is 0.186 e. The summed E-state index contributed by atoms with van der Waals surface area (Å²) in [6.45, 7) is 20.5. The predicted octanol–water partition coefficient (Wildman–Crippen LogP) is 13.6. The minimum Gasteiger partial charge on any atom is -0.507 e. The number of aromatic hydroxyl groups is 1. The van der Waals surface area contributed by atoms with E-state index < -0.39 is 8.07 Å². The van der Waals surface area contributed by atoms with Gasteiger partial charge in [0.25, 0.3) is 0 Å². The van der Waals surface area contributed by atoms with Crippen molar-refractivity contribution in [2.75, 3.05) is 0 Å². The molecule has 0 radical (unpaired) electrons. The van der Waals surface area contributed by atoms with Crippen LogP contribution in [0.25, 0.3) is 78.0 Å². The Morgan fingerprint density at radius 1 is 0.507 bits per heavy atom. The summed E-state index contributed by atoms with van der Waals surface area (Å²) >= 11 is 0. The Labute approximate surface area is 443 Å². The van der Waals surface area contributed by atoms with Gasteiger partial charge in [0, 0.05) is 37.7 Å². The van der Waals surface area contributed by atoms with Crippen molar-refractivity contribution in [3.05, 3.63) is 211 Å². The van der Waals surface area contributed by atoms with Crippen molar-refractivity contribution in [2.45, 2.75) is 78.6 Å². The molecule has 1 aliphatic rings. The molecule has 0 atom stereocenters. The van der Waals surface area contributed by atoms with Gasteiger partial charge in [-0.2, -0.15) is 0 Å². The number of rotatable bonds is 6. The van der Waals surface area contributed by atoms with Gasteiger partial charge in [0.15, 0.2) is 8.07 Å². The molecule has 0 bridgehead atoms. The quantitative estimate of drug-likeness (QED) is 0.133. The van der Waals surface area contributed by atoms with Crippen LogP contribution in [0.3, 0.4) is 0 Å². The Balaban J connectivity index is 0.00000574. The van der Waals surface area contributed by atoms with Gasteiger partial charge in [0.2, 0.25) is 0 Å². The number of imidazole rings is 1. The molecular formula is C66H59N4OPdSi-. The number of fused-ring (bicyclic) bond motifs is 6. The molecule has 1 aliphatic heterocycles. The first-order valence-electron chi connectivity index (χ1n) is 25.2. The van der Waals surface area contributed by atoms with Gasteiger partial charge in [-0.3, -0.25) is 4.57 Å². The van der Waals surface area contributed by atoms with E-state index in [-0.39, 0.29) is 42.4 Å². The van der Waals surface area contributed by atoms with Gasteiger partial charge in [-0.05, 0) is 107 Å².